The normalized spacial score (nSPS) is 14.7. The molecule has 3 amide bonds. The van der Waals surface area contributed by atoms with Gasteiger partial charge in [-0.15, -0.1) is 0 Å². The average molecular weight is 534 g/mol. The number of para-hydroxylation sites is 1. The fraction of sp³-hybridized carbons (Fsp3) is 0.538. The Balaban J connectivity index is 2.12. The van der Waals surface area contributed by atoms with E-state index >= 15 is 0 Å². The molecule has 0 aliphatic carbocycles. The van der Waals surface area contributed by atoms with Gasteiger partial charge in [-0.2, -0.15) is 11.8 Å². The Labute approximate surface area is 221 Å². The number of amides is 3. The molecule has 1 aromatic heterocycles. The molecule has 37 heavy (non-hydrogen) atoms. The molecule has 0 saturated carbocycles. The van der Waals surface area contributed by atoms with Crippen molar-refractivity contribution < 1.29 is 24.3 Å². The van der Waals surface area contributed by atoms with Gasteiger partial charge in [0, 0.05) is 23.5 Å². The largest absolute Gasteiger partial charge is 0.480 e. The molecule has 1 aromatic carbocycles. The van der Waals surface area contributed by atoms with Gasteiger partial charge in [-0.1, -0.05) is 45.9 Å². The summed E-state index contributed by atoms with van der Waals surface area (Å²) in [6, 6.07) is 3.66. The lowest BCUT2D eigenvalue weighted by Crippen LogP contribution is -2.59. The van der Waals surface area contributed by atoms with E-state index in [-0.39, 0.29) is 18.3 Å². The molecule has 0 radical (unpaired) electrons. The molecule has 7 N–H and O–H groups in total. The third-order valence-corrected chi connectivity index (χ3v) is 6.82. The number of aromatic amines is 1. The van der Waals surface area contributed by atoms with Gasteiger partial charge < -0.3 is 31.8 Å². The monoisotopic (exact) mass is 533 g/mol. The SMILES string of the molecule is CSCCC(N)C(=O)NC(C(=O)NC(C(=O)NC(Cc1c[nH]c2ccccc12)C(=O)O)C(C)C)C(C)C. The molecule has 4 unspecified atom stereocenters. The van der Waals surface area contributed by atoms with E-state index in [1.807, 2.05) is 30.5 Å². The Hall–Kier alpha value is -3.05. The number of carbonyl (C=O) groups excluding carboxylic acids is 3. The summed E-state index contributed by atoms with van der Waals surface area (Å²) >= 11 is 1.57. The molecule has 0 aliphatic rings. The second kappa shape index (κ2) is 14.0. The molecular formula is C26H39N5O5S. The first-order valence-electron chi connectivity index (χ1n) is 12.4. The molecule has 0 saturated heterocycles. The number of hydrogen-bond acceptors (Lipinski definition) is 6. The minimum absolute atomic E-state index is 0.0719. The van der Waals surface area contributed by atoms with Crippen LogP contribution in [-0.4, -0.2) is 70.0 Å². The number of thioether (sulfide) groups is 1. The van der Waals surface area contributed by atoms with Crippen LogP contribution in [0.5, 0.6) is 0 Å². The van der Waals surface area contributed by atoms with Gasteiger partial charge in [0.05, 0.1) is 6.04 Å². The maximum atomic E-state index is 13.2. The van der Waals surface area contributed by atoms with Gasteiger partial charge in [0.1, 0.15) is 18.1 Å². The van der Waals surface area contributed by atoms with E-state index in [4.69, 9.17) is 5.73 Å². The highest BCUT2D eigenvalue weighted by Gasteiger charge is 2.33. The van der Waals surface area contributed by atoms with Crippen LogP contribution in [0.25, 0.3) is 10.9 Å². The molecule has 0 spiro atoms. The minimum atomic E-state index is -1.19. The number of H-pyrrole nitrogens is 1. The van der Waals surface area contributed by atoms with E-state index < -0.39 is 47.9 Å². The number of hydrogen-bond donors (Lipinski definition) is 6. The van der Waals surface area contributed by atoms with Gasteiger partial charge in [0.2, 0.25) is 17.7 Å². The third-order valence-electron chi connectivity index (χ3n) is 6.18. The summed E-state index contributed by atoms with van der Waals surface area (Å²) in [5, 5.41) is 18.7. The van der Waals surface area contributed by atoms with Crippen molar-refractivity contribution in [2.75, 3.05) is 12.0 Å². The summed E-state index contributed by atoms with van der Waals surface area (Å²) in [6.45, 7) is 7.07. The lowest BCUT2D eigenvalue weighted by Gasteiger charge is -2.28. The number of aliphatic carboxylic acids is 1. The Morgan fingerprint density at radius 1 is 0.946 bits per heavy atom. The van der Waals surface area contributed by atoms with Crippen molar-refractivity contribution in [1.29, 1.82) is 0 Å². The number of nitrogens with one attached hydrogen (secondary N) is 4. The van der Waals surface area contributed by atoms with Crippen LogP contribution in [0.4, 0.5) is 0 Å². The third kappa shape index (κ3) is 8.50. The van der Waals surface area contributed by atoms with Crippen molar-refractivity contribution >= 4 is 46.4 Å². The lowest BCUT2D eigenvalue weighted by molar-refractivity contribution is -0.142. The molecule has 0 aliphatic heterocycles. The summed E-state index contributed by atoms with van der Waals surface area (Å²) in [5.41, 5.74) is 7.57. The smallest absolute Gasteiger partial charge is 0.326 e. The summed E-state index contributed by atoms with van der Waals surface area (Å²) in [7, 11) is 0. The number of fused-ring (bicyclic) bond motifs is 1. The summed E-state index contributed by atoms with van der Waals surface area (Å²) < 4.78 is 0. The van der Waals surface area contributed by atoms with Crippen LogP contribution in [0.15, 0.2) is 30.5 Å². The highest BCUT2D eigenvalue weighted by atomic mass is 32.2. The van der Waals surface area contributed by atoms with Crippen LogP contribution in [0.3, 0.4) is 0 Å². The first-order valence-corrected chi connectivity index (χ1v) is 13.8. The number of carboxylic acid groups (broad SMARTS) is 1. The predicted molar refractivity (Wildman–Crippen MR) is 146 cm³/mol. The van der Waals surface area contributed by atoms with Gasteiger partial charge >= 0.3 is 5.97 Å². The molecular weight excluding hydrogens is 494 g/mol. The van der Waals surface area contributed by atoms with E-state index in [9.17, 15) is 24.3 Å². The fourth-order valence-electron chi connectivity index (χ4n) is 3.93. The van der Waals surface area contributed by atoms with Gasteiger partial charge in [0.25, 0.3) is 0 Å². The molecule has 4 atom stereocenters. The topological polar surface area (TPSA) is 166 Å². The van der Waals surface area contributed by atoms with Crippen molar-refractivity contribution in [2.24, 2.45) is 17.6 Å². The summed E-state index contributed by atoms with van der Waals surface area (Å²) in [4.78, 5) is 53.9. The molecule has 10 nitrogen and oxygen atoms in total. The van der Waals surface area contributed by atoms with E-state index in [0.717, 1.165) is 16.5 Å². The maximum absolute atomic E-state index is 13.2. The number of carbonyl (C=O) groups is 4. The first kappa shape index (κ1) is 30.2. The van der Waals surface area contributed by atoms with Crippen LogP contribution >= 0.6 is 11.8 Å². The average Bonchev–Trinajstić information content (AvgIpc) is 3.25. The van der Waals surface area contributed by atoms with Crippen LogP contribution in [0.1, 0.15) is 39.7 Å². The van der Waals surface area contributed by atoms with Crippen molar-refractivity contribution in [3.8, 4) is 0 Å². The van der Waals surface area contributed by atoms with E-state index in [1.165, 1.54) is 0 Å². The number of rotatable bonds is 14. The summed E-state index contributed by atoms with van der Waals surface area (Å²) in [6.07, 6.45) is 4.20. The van der Waals surface area contributed by atoms with Crippen LogP contribution in [0, 0.1) is 11.8 Å². The Bertz CT molecular complexity index is 1090. The zero-order chi connectivity index (χ0) is 27.7. The highest BCUT2D eigenvalue weighted by molar-refractivity contribution is 7.98. The molecule has 1 heterocycles. The quantitative estimate of drug-likeness (QED) is 0.215. The number of benzene rings is 1. The number of aromatic nitrogens is 1. The van der Waals surface area contributed by atoms with E-state index in [0.29, 0.717) is 12.2 Å². The van der Waals surface area contributed by atoms with Gasteiger partial charge in [-0.3, -0.25) is 14.4 Å². The predicted octanol–water partition coefficient (Wildman–Crippen LogP) is 1.64. The highest BCUT2D eigenvalue weighted by Crippen LogP contribution is 2.19. The van der Waals surface area contributed by atoms with Crippen molar-refractivity contribution in [3.05, 3.63) is 36.0 Å². The van der Waals surface area contributed by atoms with Crippen molar-refractivity contribution in [1.82, 2.24) is 20.9 Å². The van der Waals surface area contributed by atoms with Crippen molar-refractivity contribution in [3.63, 3.8) is 0 Å². The number of nitrogens with two attached hydrogens (primary N) is 1. The van der Waals surface area contributed by atoms with Crippen LogP contribution in [-0.2, 0) is 25.6 Å². The maximum Gasteiger partial charge on any atom is 0.326 e. The number of carboxylic acids is 1. The van der Waals surface area contributed by atoms with E-state index in [1.54, 1.807) is 45.7 Å². The van der Waals surface area contributed by atoms with E-state index in [2.05, 4.69) is 20.9 Å². The standard InChI is InChI=1S/C26H39N5O5S/c1-14(2)21(31-25(34)22(15(3)4)30-23(32)18(27)10-11-37-5)24(33)29-20(26(35)36)12-16-13-28-19-9-7-6-8-17(16)19/h6-9,13-15,18,20-22,28H,10-12,27H2,1-5H3,(H,29,33)(H,30,32)(H,31,34)(H,35,36). The Kier molecular flexibility index (Phi) is 11.4. The molecule has 0 fully saturated rings. The van der Waals surface area contributed by atoms with Crippen molar-refractivity contribution in [2.45, 2.75) is 64.7 Å². The zero-order valence-electron chi connectivity index (χ0n) is 22.0. The Morgan fingerprint density at radius 3 is 2.08 bits per heavy atom. The van der Waals surface area contributed by atoms with Gasteiger partial charge in [-0.05, 0) is 41.9 Å². The first-order chi connectivity index (χ1) is 17.5. The molecule has 204 valence electrons. The minimum Gasteiger partial charge on any atom is -0.480 e. The van der Waals surface area contributed by atoms with Crippen LogP contribution < -0.4 is 21.7 Å². The summed E-state index contributed by atoms with van der Waals surface area (Å²) in [5.74, 6) is -2.64. The molecule has 11 heteroatoms. The Morgan fingerprint density at radius 2 is 1.51 bits per heavy atom. The second-order valence-electron chi connectivity index (χ2n) is 9.81. The zero-order valence-corrected chi connectivity index (χ0v) is 22.9. The molecule has 0 bridgehead atoms. The second-order valence-corrected chi connectivity index (χ2v) is 10.8. The van der Waals surface area contributed by atoms with Crippen LogP contribution in [0.2, 0.25) is 0 Å². The molecule has 2 rings (SSSR count). The van der Waals surface area contributed by atoms with Gasteiger partial charge in [0.15, 0.2) is 0 Å². The molecule has 2 aromatic rings. The van der Waals surface area contributed by atoms with Gasteiger partial charge in [-0.25, -0.2) is 4.79 Å². The fourth-order valence-corrected chi connectivity index (χ4v) is 4.42. The lowest BCUT2D eigenvalue weighted by atomic mass is 9.98.